The second-order valence-corrected chi connectivity index (χ2v) is 4.70. The fourth-order valence-electron chi connectivity index (χ4n) is 1.75. The Bertz CT molecular complexity index is 534. The first-order valence-electron chi connectivity index (χ1n) is 5.68. The van der Waals surface area contributed by atoms with Crippen LogP contribution < -0.4 is 5.32 Å². The molecule has 0 bridgehead atoms. The topological polar surface area (TPSA) is 42.7 Å². The van der Waals surface area contributed by atoms with Gasteiger partial charge in [-0.15, -0.1) is 5.10 Å². The molecule has 1 aromatic heterocycles. The van der Waals surface area contributed by atoms with Crippen LogP contribution in [0.15, 0.2) is 22.8 Å². The minimum Gasteiger partial charge on any atom is -0.313 e. The van der Waals surface area contributed by atoms with Crippen molar-refractivity contribution in [3.05, 3.63) is 34.2 Å². The molecule has 0 unspecified atom stereocenters. The fraction of sp³-hybridized carbons (Fsp3) is 0.333. The molecule has 4 nitrogen and oxygen atoms in total. The first-order chi connectivity index (χ1) is 8.63. The van der Waals surface area contributed by atoms with Crippen molar-refractivity contribution in [1.82, 2.24) is 20.3 Å². The number of hydrogen-bond acceptors (Lipinski definition) is 3. The molecule has 0 aliphatic heterocycles. The van der Waals surface area contributed by atoms with Gasteiger partial charge in [0.1, 0.15) is 11.5 Å². The summed E-state index contributed by atoms with van der Waals surface area (Å²) in [6.45, 7) is 3.63. The zero-order valence-corrected chi connectivity index (χ0v) is 11.8. The van der Waals surface area contributed by atoms with Crippen LogP contribution in [0.3, 0.4) is 0 Å². The number of benzene rings is 1. The molecule has 0 aliphatic carbocycles. The van der Waals surface area contributed by atoms with Gasteiger partial charge in [-0.25, -0.2) is 9.07 Å². The lowest BCUT2D eigenvalue weighted by atomic mass is 10.1. The Morgan fingerprint density at radius 2 is 2.22 bits per heavy atom. The highest BCUT2D eigenvalue weighted by molar-refractivity contribution is 9.10. The first-order valence-corrected chi connectivity index (χ1v) is 6.47. The van der Waals surface area contributed by atoms with Crippen molar-refractivity contribution in [1.29, 1.82) is 0 Å². The smallest absolute Gasteiger partial charge is 0.156 e. The van der Waals surface area contributed by atoms with Gasteiger partial charge in [0.15, 0.2) is 4.60 Å². The van der Waals surface area contributed by atoms with Crippen LogP contribution in [0.1, 0.15) is 12.5 Å². The molecule has 0 saturated carbocycles. The number of rotatable bonds is 4. The summed E-state index contributed by atoms with van der Waals surface area (Å²) in [5, 5.41) is 10.9. The van der Waals surface area contributed by atoms with Gasteiger partial charge in [0, 0.05) is 19.2 Å². The molecule has 6 heteroatoms. The minimum atomic E-state index is -0.277. The Kier molecular flexibility index (Phi) is 4.08. The Hall–Kier alpha value is -1.27. The summed E-state index contributed by atoms with van der Waals surface area (Å²) in [7, 11) is 1.74. The number of nitrogens with zero attached hydrogens (tertiary/aromatic N) is 3. The average Bonchev–Trinajstić information content (AvgIpc) is 2.68. The van der Waals surface area contributed by atoms with E-state index in [1.54, 1.807) is 17.8 Å². The van der Waals surface area contributed by atoms with Crippen LogP contribution in [0.4, 0.5) is 4.39 Å². The van der Waals surface area contributed by atoms with Gasteiger partial charge in [0.25, 0.3) is 0 Å². The summed E-state index contributed by atoms with van der Waals surface area (Å²) < 4.78 is 16.0. The van der Waals surface area contributed by atoms with Crippen molar-refractivity contribution in [3.63, 3.8) is 0 Å². The Morgan fingerprint density at radius 3 is 2.83 bits per heavy atom. The molecule has 0 amide bonds. The van der Waals surface area contributed by atoms with Crippen LogP contribution >= 0.6 is 15.9 Å². The Labute approximate surface area is 113 Å². The number of aromatic nitrogens is 3. The minimum absolute atomic E-state index is 0.277. The Morgan fingerprint density at radius 1 is 1.44 bits per heavy atom. The zero-order valence-electron chi connectivity index (χ0n) is 10.2. The van der Waals surface area contributed by atoms with Crippen LogP contribution in [-0.2, 0) is 13.6 Å². The van der Waals surface area contributed by atoms with Crippen molar-refractivity contribution in [2.45, 2.75) is 13.5 Å². The van der Waals surface area contributed by atoms with E-state index in [1.807, 2.05) is 13.0 Å². The van der Waals surface area contributed by atoms with Gasteiger partial charge in [-0.1, -0.05) is 18.2 Å². The van der Waals surface area contributed by atoms with Gasteiger partial charge in [-0.05, 0) is 40.2 Å². The first kappa shape index (κ1) is 13.2. The molecule has 2 aromatic rings. The summed E-state index contributed by atoms with van der Waals surface area (Å²) in [4.78, 5) is 0. The van der Waals surface area contributed by atoms with Gasteiger partial charge in [-0.3, -0.25) is 0 Å². The maximum absolute atomic E-state index is 13.9. The van der Waals surface area contributed by atoms with Gasteiger partial charge in [0.2, 0.25) is 0 Å². The highest BCUT2D eigenvalue weighted by Gasteiger charge is 2.15. The summed E-state index contributed by atoms with van der Waals surface area (Å²) in [5.74, 6) is -0.277. The van der Waals surface area contributed by atoms with E-state index in [-0.39, 0.29) is 5.82 Å². The quantitative estimate of drug-likeness (QED) is 0.943. The van der Waals surface area contributed by atoms with E-state index < -0.39 is 0 Å². The highest BCUT2D eigenvalue weighted by atomic mass is 79.9. The Balaban J connectivity index is 2.43. The van der Waals surface area contributed by atoms with Crippen LogP contribution in [0.25, 0.3) is 11.3 Å². The SMILES string of the molecule is CCNCc1ccc(F)c(-c2c(Br)nnn2C)c1. The molecule has 1 heterocycles. The van der Waals surface area contributed by atoms with Crippen molar-refractivity contribution in [2.24, 2.45) is 7.05 Å². The molecule has 1 N–H and O–H groups in total. The molecule has 0 spiro atoms. The monoisotopic (exact) mass is 312 g/mol. The zero-order chi connectivity index (χ0) is 13.1. The largest absolute Gasteiger partial charge is 0.313 e. The third-order valence-corrected chi connectivity index (χ3v) is 3.18. The second-order valence-electron chi connectivity index (χ2n) is 3.95. The molecule has 96 valence electrons. The van der Waals surface area contributed by atoms with Crippen LogP contribution in [-0.4, -0.2) is 21.5 Å². The van der Waals surface area contributed by atoms with Crippen molar-refractivity contribution < 1.29 is 4.39 Å². The highest BCUT2D eigenvalue weighted by Crippen LogP contribution is 2.28. The number of halogens is 2. The van der Waals surface area contributed by atoms with Gasteiger partial charge < -0.3 is 5.32 Å². The lowest BCUT2D eigenvalue weighted by Crippen LogP contribution is -2.11. The summed E-state index contributed by atoms with van der Waals surface area (Å²) in [6.07, 6.45) is 0. The van der Waals surface area contributed by atoms with Crippen LogP contribution in [0, 0.1) is 5.82 Å². The average molecular weight is 313 g/mol. The third kappa shape index (κ3) is 2.59. The lowest BCUT2D eigenvalue weighted by Gasteiger charge is -2.07. The standard InChI is InChI=1S/C12H14BrFN4/c1-3-15-7-8-4-5-10(14)9(6-8)11-12(13)16-17-18(11)2/h4-6,15H,3,7H2,1-2H3. The van der Waals surface area contributed by atoms with Gasteiger partial charge >= 0.3 is 0 Å². The number of nitrogens with one attached hydrogen (secondary N) is 1. The van der Waals surface area contributed by atoms with Crippen LogP contribution in [0.2, 0.25) is 0 Å². The predicted octanol–water partition coefficient (Wildman–Crippen LogP) is 2.49. The van der Waals surface area contributed by atoms with Crippen molar-refractivity contribution >= 4 is 15.9 Å². The normalized spacial score (nSPS) is 10.9. The van der Waals surface area contributed by atoms with E-state index in [0.717, 1.165) is 12.1 Å². The van der Waals surface area contributed by atoms with E-state index >= 15 is 0 Å². The second kappa shape index (κ2) is 5.58. The summed E-state index contributed by atoms with van der Waals surface area (Å²) in [5.41, 5.74) is 2.18. The molecule has 0 radical (unpaired) electrons. The predicted molar refractivity (Wildman–Crippen MR) is 71.5 cm³/mol. The van der Waals surface area contributed by atoms with E-state index in [2.05, 4.69) is 31.6 Å². The van der Waals surface area contributed by atoms with Gasteiger partial charge in [-0.2, -0.15) is 0 Å². The maximum Gasteiger partial charge on any atom is 0.156 e. The molecule has 0 saturated heterocycles. The number of hydrogen-bond donors (Lipinski definition) is 1. The molecule has 0 atom stereocenters. The maximum atomic E-state index is 13.9. The molecule has 0 fully saturated rings. The third-order valence-electron chi connectivity index (χ3n) is 2.65. The van der Waals surface area contributed by atoms with Crippen molar-refractivity contribution in [3.8, 4) is 11.3 Å². The van der Waals surface area contributed by atoms with E-state index in [4.69, 9.17) is 0 Å². The number of aryl methyl sites for hydroxylation is 1. The molecular formula is C12H14BrFN4. The van der Waals surface area contributed by atoms with Gasteiger partial charge in [0.05, 0.1) is 0 Å². The molecule has 0 aliphatic rings. The summed E-state index contributed by atoms with van der Waals surface area (Å²) in [6, 6.07) is 5.07. The molecule has 18 heavy (non-hydrogen) atoms. The van der Waals surface area contributed by atoms with E-state index in [1.165, 1.54) is 6.07 Å². The lowest BCUT2D eigenvalue weighted by molar-refractivity contribution is 0.625. The van der Waals surface area contributed by atoms with E-state index in [0.29, 0.717) is 22.4 Å². The molecular weight excluding hydrogens is 299 g/mol. The fourth-order valence-corrected chi connectivity index (χ4v) is 2.29. The molecule has 2 rings (SSSR count). The summed E-state index contributed by atoms with van der Waals surface area (Å²) >= 11 is 3.29. The molecule has 1 aromatic carbocycles. The van der Waals surface area contributed by atoms with Crippen LogP contribution in [0.5, 0.6) is 0 Å². The van der Waals surface area contributed by atoms with E-state index in [9.17, 15) is 4.39 Å². The van der Waals surface area contributed by atoms with Crippen molar-refractivity contribution in [2.75, 3.05) is 6.54 Å².